The van der Waals surface area contributed by atoms with Crippen molar-refractivity contribution in [3.63, 3.8) is 0 Å². The van der Waals surface area contributed by atoms with Crippen molar-refractivity contribution in [3.05, 3.63) is 83.3 Å². The van der Waals surface area contributed by atoms with Crippen LogP contribution < -0.4 is 10.5 Å². The number of benzene rings is 1. The quantitative estimate of drug-likeness (QED) is 0.507. The number of nitrogens with two attached hydrogens (primary N) is 1. The molecule has 0 radical (unpaired) electrons. The topological polar surface area (TPSA) is 72.0 Å². The van der Waals surface area contributed by atoms with E-state index in [4.69, 9.17) is 27.5 Å². The van der Waals surface area contributed by atoms with E-state index in [1.807, 2.05) is 0 Å². The van der Waals surface area contributed by atoms with Gasteiger partial charge in [0.25, 0.3) is 0 Å². The molecule has 2 aromatic rings. The van der Waals surface area contributed by atoms with Gasteiger partial charge in [0.2, 0.25) is 0 Å². The van der Waals surface area contributed by atoms with Crippen molar-refractivity contribution < 1.29 is 9.13 Å². The summed E-state index contributed by atoms with van der Waals surface area (Å²) in [6.45, 7) is 5.34. The largest absolute Gasteiger partial charge is 0.482 e. The lowest BCUT2D eigenvalue weighted by Gasteiger charge is -2.18. The number of halogens is 2. The van der Waals surface area contributed by atoms with Crippen molar-refractivity contribution in [1.82, 2.24) is 4.98 Å². The van der Waals surface area contributed by atoms with Crippen LogP contribution in [0.15, 0.2) is 61.3 Å². The fourth-order valence-electron chi connectivity index (χ4n) is 2.25. The Morgan fingerprint density at radius 2 is 2.15 bits per heavy atom. The van der Waals surface area contributed by atoms with Gasteiger partial charge < -0.3 is 15.9 Å². The number of anilines is 1. The van der Waals surface area contributed by atoms with Crippen LogP contribution in [0.1, 0.15) is 24.2 Å². The first-order chi connectivity index (χ1) is 12.5. The van der Waals surface area contributed by atoms with E-state index >= 15 is 0 Å². The Hall–Kier alpha value is -2.92. The molecule has 1 aromatic heterocycles. The van der Waals surface area contributed by atoms with Gasteiger partial charge in [0.15, 0.2) is 11.6 Å². The smallest absolute Gasteiger partial charge is 0.166 e. The summed E-state index contributed by atoms with van der Waals surface area (Å²) in [6, 6.07) is 5.77. The highest BCUT2D eigenvalue weighted by molar-refractivity contribution is 6.31. The highest BCUT2D eigenvalue weighted by atomic mass is 35.5. The number of hydrogen-bond donors (Lipinski definition) is 2. The van der Waals surface area contributed by atoms with Crippen molar-refractivity contribution in [3.8, 4) is 5.75 Å². The Morgan fingerprint density at radius 1 is 1.38 bits per heavy atom. The Balaban J connectivity index is 2.33. The highest BCUT2D eigenvalue weighted by Crippen LogP contribution is 2.31. The molecule has 0 saturated carbocycles. The second kappa shape index (κ2) is 8.97. The first-order valence-electron chi connectivity index (χ1n) is 7.83. The van der Waals surface area contributed by atoms with Gasteiger partial charge in [-0.3, -0.25) is 0 Å². The number of nitrogens with zero attached hydrogens (tertiary/aromatic N) is 1. The fraction of sp³-hybridized carbons (Fsp3) is 0.100. The SMILES string of the molecule is C=C/C=C\C=C(\C=N)c1cnc(N)c(OC(C)c2cc(F)ccc2Cl)c1. The van der Waals surface area contributed by atoms with Crippen LogP contribution in [0.2, 0.25) is 5.02 Å². The van der Waals surface area contributed by atoms with Crippen LogP contribution in [0, 0.1) is 11.2 Å². The van der Waals surface area contributed by atoms with Crippen LogP contribution in [-0.2, 0) is 0 Å². The molecular weight excluding hydrogens is 353 g/mol. The second-order valence-electron chi connectivity index (χ2n) is 5.42. The molecule has 0 aliphatic carbocycles. The number of aromatic nitrogens is 1. The standard InChI is InChI=1S/C20H19ClFN3O/c1-3-4-5-6-14(11-23)15-9-19(20(24)25-12-15)26-13(2)17-10-16(22)7-8-18(17)21/h3-13,23H,1H2,2H3,(H2,24,25)/b5-4-,14-6-,23-11?. The van der Waals surface area contributed by atoms with Crippen molar-refractivity contribution in [2.75, 3.05) is 5.73 Å². The highest BCUT2D eigenvalue weighted by Gasteiger charge is 2.15. The molecule has 4 nitrogen and oxygen atoms in total. The minimum Gasteiger partial charge on any atom is -0.482 e. The van der Waals surface area contributed by atoms with Crippen LogP contribution in [0.4, 0.5) is 10.2 Å². The maximum absolute atomic E-state index is 13.5. The summed E-state index contributed by atoms with van der Waals surface area (Å²) in [5.41, 5.74) is 7.69. The van der Waals surface area contributed by atoms with Crippen LogP contribution in [0.5, 0.6) is 5.75 Å². The summed E-state index contributed by atoms with van der Waals surface area (Å²) < 4.78 is 19.3. The van der Waals surface area contributed by atoms with E-state index in [9.17, 15) is 4.39 Å². The van der Waals surface area contributed by atoms with Crippen molar-refractivity contribution in [2.45, 2.75) is 13.0 Å². The normalized spacial score (nSPS) is 12.8. The lowest BCUT2D eigenvalue weighted by molar-refractivity contribution is 0.227. The molecule has 1 unspecified atom stereocenters. The molecule has 2 rings (SSSR count). The molecule has 0 bridgehead atoms. The average molecular weight is 372 g/mol. The second-order valence-corrected chi connectivity index (χ2v) is 5.83. The van der Waals surface area contributed by atoms with E-state index in [1.165, 1.54) is 24.4 Å². The minimum atomic E-state index is -0.536. The Bertz CT molecular complexity index is 877. The third kappa shape index (κ3) is 4.80. The number of allylic oxidation sites excluding steroid dienone is 5. The van der Waals surface area contributed by atoms with Gasteiger partial charge in [-0.05, 0) is 31.2 Å². The third-order valence-corrected chi connectivity index (χ3v) is 3.94. The molecule has 0 amide bonds. The summed E-state index contributed by atoms with van der Waals surface area (Å²) in [4.78, 5) is 4.12. The molecule has 0 aliphatic heterocycles. The van der Waals surface area contributed by atoms with Gasteiger partial charge >= 0.3 is 0 Å². The molecular formula is C20H19ClFN3O. The molecule has 1 atom stereocenters. The van der Waals surface area contributed by atoms with Crippen LogP contribution >= 0.6 is 11.6 Å². The van der Waals surface area contributed by atoms with Crippen LogP contribution in [0.25, 0.3) is 5.57 Å². The molecule has 0 saturated heterocycles. The molecule has 0 aliphatic rings. The van der Waals surface area contributed by atoms with Gasteiger partial charge in [0, 0.05) is 34.1 Å². The Morgan fingerprint density at radius 3 is 2.85 bits per heavy atom. The molecule has 134 valence electrons. The summed E-state index contributed by atoms with van der Waals surface area (Å²) in [5.74, 6) is 0.123. The predicted octanol–water partition coefficient (Wildman–Crippen LogP) is 5.37. The van der Waals surface area contributed by atoms with E-state index in [1.54, 1.807) is 43.5 Å². The number of pyridine rings is 1. The first-order valence-corrected chi connectivity index (χ1v) is 8.21. The Labute approximate surface area is 157 Å². The van der Waals surface area contributed by atoms with E-state index in [0.717, 1.165) is 0 Å². The van der Waals surface area contributed by atoms with Gasteiger partial charge in [-0.2, -0.15) is 0 Å². The van der Waals surface area contributed by atoms with Gasteiger partial charge in [-0.25, -0.2) is 9.37 Å². The third-order valence-electron chi connectivity index (χ3n) is 3.59. The number of ether oxygens (including phenoxy) is 1. The number of nitrogen functional groups attached to an aromatic ring is 1. The number of hydrogen-bond acceptors (Lipinski definition) is 4. The zero-order chi connectivity index (χ0) is 19.1. The summed E-state index contributed by atoms with van der Waals surface area (Å²) in [6.07, 6.45) is 9.12. The van der Waals surface area contributed by atoms with Crippen LogP contribution in [0.3, 0.4) is 0 Å². The van der Waals surface area contributed by atoms with E-state index < -0.39 is 11.9 Å². The zero-order valence-corrected chi connectivity index (χ0v) is 15.0. The van der Waals surface area contributed by atoms with E-state index in [0.29, 0.717) is 27.5 Å². The zero-order valence-electron chi connectivity index (χ0n) is 14.2. The van der Waals surface area contributed by atoms with Crippen LogP contribution in [-0.4, -0.2) is 11.2 Å². The summed E-state index contributed by atoms with van der Waals surface area (Å²) in [5, 5.41) is 7.97. The molecule has 1 heterocycles. The summed E-state index contributed by atoms with van der Waals surface area (Å²) >= 11 is 6.12. The van der Waals surface area contributed by atoms with E-state index in [-0.39, 0.29) is 5.82 Å². The lowest BCUT2D eigenvalue weighted by Crippen LogP contribution is -2.07. The molecule has 0 spiro atoms. The lowest BCUT2D eigenvalue weighted by atomic mass is 10.1. The fourth-order valence-corrected chi connectivity index (χ4v) is 2.52. The summed E-state index contributed by atoms with van der Waals surface area (Å²) in [7, 11) is 0. The molecule has 3 N–H and O–H groups in total. The minimum absolute atomic E-state index is 0.194. The maximum Gasteiger partial charge on any atom is 0.166 e. The number of nitrogens with one attached hydrogen (secondary N) is 1. The Kier molecular flexibility index (Phi) is 6.69. The average Bonchev–Trinajstić information content (AvgIpc) is 2.63. The maximum atomic E-state index is 13.5. The molecule has 1 aromatic carbocycles. The number of rotatable bonds is 7. The predicted molar refractivity (Wildman–Crippen MR) is 105 cm³/mol. The van der Waals surface area contributed by atoms with Crippen molar-refractivity contribution >= 4 is 29.2 Å². The van der Waals surface area contributed by atoms with Gasteiger partial charge in [-0.15, -0.1) is 0 Å². The van der Waals surface area contributed by atoms with E-state index in [2.05, 4.69) is 11.6 Å². The molecule has 0 fully saturated rings. The first kappa shape index (κ1) is 19.4. The van der Waals surface area contributed by atoms with Gasteiger partial charge in [0.1, 0.15) is 11.9 Å². The molecule has 6 heteroatoms. The van der Waals surface area contributed by atoms with Crippen molar-refractivity contribution in [1.29, 1.82) is 5.41 Å². The van der Waals surface area contributed by atoms with Crippen molar-refractivity contribution in [2.24, 2.45) is 0 Å². The molecule has 26 heavy (non-hydrogen) atoms. The van der Waals surface area contributed by atoms with Gasteiger partial charge in [0.05, 0.1) is 0 Å². The van der Waals surface area contributed by atoms with Gasteiger partial charge in [-0.1, -0.05) is 42.5 Å². The monoisotopic (exact) mass is 371 g/mol.